The van der Waals surface area contributed by atoms with Crippen molar-refractivity contribution in [2.75, 3.05) is 19.6 Å². The molecule has 1 rings (SSSR count). The van der Waals surface area contributed by atoms with Crippen molar-refractivity contribution >= 4 is 23.2 Å². The van der Waals surface area contributed by atoms with Crippen LogP contribution in [0.5, 0.6) is 0 Å². The Balaban J connectivity index is 1.96. The summed E-state index contributed by atoms with van der Waals surface area (Å²) in [6.45, 7) is 7.38. The lowest BCUT2D eigenvalue weighted by molar-refractivity contribution is 0.489. The van der Waals surface area contributed by atoms with Gasteiger partial charge in [-0.3, -0.25) is 0 Å². The van der Waals surface area contributed by atoms with Crippen molar-refractivity contribution in [3.63, 3.8) is 0 Å². The van der Waals surface area contributed by atoms with E-state index in [0.717, 1.165) is 26.1 Å². The Morgan fingerprint density at radius 3 is 2.64 bits per heavy atom. The van der Waals surface area contributed by atoms with E-state index in [2.05, 4.69) is 24.5 Å². The second-order valence-corrected chi connectivity index (χ2v) is 5.72. The van der Waals surface area contributed by atoms with E-state index in [1.54, 1.807) is 0 Å². The molecule has 2 nitrogen and oxygen atoms in total. The van der Waals surface area contributed by atoms with Crippen LogP contribution in [0.15, 0.2) is 0 Å². The SMILES string of the molecule is CCCNCC(C)NCC1CC1(Cl)Cl. The van der Waals surface area contributed by atoms with Crippen LogP contribution in [0.25, 0.3) is 0 Å². The summed E-state index contributed by atoms with van der Waals surface area (Å²) < 4.78 is -0.441. The highest BCUT2D eigenvalue weighted by molar-refractivity contribution is 6.50. The van der Waals surface area contributed by atoms with Crippen LogP contribution in [0.2, 0.25) is 0 Å². The molecule has 0 aromatic carbocycles. The quantitative estimate of drug-likeness (QED) is 0.525. The molecule has 0 aromatic rings. The fraction of sp³-hybridized carbons (Fsp3) is 1.00. The normalized spacial score (nSPS) is 26.1. The van der Waals surface area contributed by atoms with E-state index < -0.39 is 4.33 Å². The molecule has 0 heterocycles. The van der Waals surface area contributed by atoms with Gasteiger partial charge >= 0.3 is 0 Å². The summed E-state index contributed by atoms with van der Waals surface area (Å²) in [6, 6.07) is 0.492. The largest absolute Gasteiger partial charge is 0.315 e. The zero-order valence-corrected chi connectivity index (χ0v) is 10.5. The van der Waals surface area contributed by atoms with Gasteiger partial charge in [-0.15, -0.1) is 23.2 Å². The van der Waals surface area contributed by atoms with Crippen molar-refractivity contribution in [1.82, 2.24) is 10.6 Å². The maximum atomic E-state index is 5.93. The molecule has 2 unspecified atom stereocenters. The summed E-state index contributed by atoms with van der Waals surface area (Å²) in [5.74, 6) is 0.444. The highest BCUT2D eigenvalue weighted by atomic mass is 35.5. The van der Waals surface area contributed by atoms with Crippen LogP contribution in [-0.2, 0) is 0 Å². The fourth-order valence-corrected chi connectivity index (χ4v) is 1.93. The van der Waals surface area contributed by atoms with Crippen LogP contribution in [0.1, 0.15) is 26.7 Å². The predicted octanol–water partition coefficient (Wildman–Crippen LogP) is 2.16. The van der Waals surface area contributed by atoms with E-state index in [0.29, 0.717) is 12.0 Å². The summed E-state index contributed by atoms with van der Waals surface area (Å²) in [7, 11) is 0. The molecular formula is C10H20Cl2N2. The molecular weight excluding hydrogens is 219 g/mol. The molecule has 0 aliphatic heterocycles. The summed E-state index contributed by atoms with van der Waals surface area (Å²) >= 11 is 11.9. The number of nitrogens with one attached hydrogen (secondary N) is 2. The molecule has 4 heteroatoms. The average Bonchev–Trinajstić information content (AvgIpc) is 2.71. The Morgan fingerprint density at radius 2 is 2.14 bits per heavy atom. The Bertz CT molecular complexity index is 174. The van der Waals surface area contributed by atoms with Gasteiger partial charge in [0.15, 0.2) is 0 Å². The molecule has 0 saturated heterocycles. The van der Waals surface area contributed by atoms with E-state index in [1.807, 2.05) is 0 Å². The summed E-state index contributed by atoms with van der Waals surface area (Å²) in [4.78, 5) is 0. The molecule has 0 radical (unpaired) electrons. The molecule has 0 aromatic heterocycles. The third kappa shape index (κ3) is 4.35. The van der Waals surface area contributed by atoms with Gasteiger partial charge in [-0.05, 0) is 26.3 Å². The topological polar surface area (TPSA) is 24.1 Å². The lowest BCUT2D eigenvalue weighted by Crippen LogP contribution is -2.38. The first kappa shape index (κ1) is 12.6. The van der Waals surface area contributed by atoms with Crippen molar-refractivity contribution in [3.05, 3.63) is 0 Å². The second kappa shape index (κ2) is 5.55. The van der Waals surface area contributed by atoms with Crippen LogP contribution in [-0.4, -0.2) is 30.0 Å². The lowest BCUT2D eigenvalue weighted by atomic mass is 10.3. The van der Waals surface area contributed by atoms with Crippen LogP contribution in [0.4, 0.5) is 0 Å². The van der Waals surface area contributed by atoms with Crippen LogP contribution >= 0.6 is 23.2 Å². The lowest BCUT2D eigenvalue weighted by Gasteiger charge is -2.14. The van der Waals surface area contributed by atoms with Crippen LogP contribution in [0.3, 0.4) is 0 Å². The predicted molar refractivity (Wildman–Crippen MR) is 63.2 cm³/mol. The first-order chi connectivity index (χ1) is 6.56. The minimum Gasteiger partial charge on any atom is -0.315 e. The minimum atomic E-state index is -0.441. The van der Waals surface area contributed by atoms with Crippen molar-refractivity contribution in [1.29, 1.82) is 0 Å². The monoisotopic (exact) mass is 238 g/mol. The molecule has 1 aliphatic rings. The van der Waals surface area contributed by atoms with E-state index in [-0.39, 0.29) is 0 Å². The van der Waals surface area contributed by atoms with Crippen LogP contribution < -0.4 is 10.6 Å². The highest BCUT2D eigenvalue weighted by Gasteiger charge is 2.51. The van der Waals surface area contributed by atoms with E-state index in [4.69, 9.17) is 23.2 Å². The zero-order chi connectivity index (χ0) is 10.6. The van der Waals surface area contributed by atoms with E-state index in [9.17, 15) is 0 Å². The van der Waals surface area contributed by atoms with Gasteiger partial charge in [0.25, 0.3) is 0 Å². The third-order valence-electron chi connectivity index (χ3n) is 2.55. The van der Waals surface area contributed by atoms with Crippen molar-refractivity contribution in [2.24, 2.45) is 5.92 Å². The number of halogens is 2. The molecule has 14 heavy (non-hydrogen) atoms. The molecule has 1 saturated carbocycles. The maximum absolute atomic E-state index is 5.93. The maximum Gasteiger partial charge on any atom is 0.122 e. The number of hydrogen-bond donors (Lipinski definition) is 2. The van der Waals surface area contributed by atoms with Gasteiger partial charge in [0.1, 0.15) is 4.33 Å². The number of rotatable bonds is 7. The van der Waals surface area contributed by atoms with Crippen molar-refractivity contribution in [3.8, 4) is 0 Å². The molecule has 2 N–H and O–H groups in total. The first-order valence-electron chi connectivity index (χ1n) is 5.38. The van der Waals surface area contributed by atoms with Gasteiger partial charge in [-0.1, -0.05) is 6.92 Å². The fourth-order valence-electron chi connectivity index (χ4n) is 1.40. The first-order valence-corrected chi connectivity index (χ1v) is 6.13. The Hall–Kier alpha value is 0.500. The van der Waals surface area contributed by atoms with Crippen LogP contribution in [0, 0.1) is 5.92 Å². The molecule has 84 valence electrons. The third-order valence-corrected chi connectivity index (χ3v) is 3.47. The van der Waals surface area contributed by atoms with Gasteiger partial charge < -0.3 is 10.6 Å². The zero-order valence-electron chi connectivity index (χ0n) is 8.95. The molecule has 0 spiro atoms. The molecule has 0 bridgehead atoms. The molecule has 0 amide bonds. The Morgan fingerprint density at radius 1 is 1.50 bits per heavy atom. The van der Waals surface area contributed by atoms with Gasteiger partial charge in [0, 0.05) is 25.0 Å². The minimum absolute atomic E-state index is 0.441. The van der Waals surface area contributed by atoms with E-state index in [1.165, 1.54) is 6.42 Å². The number of hydrogen-bond acceptors (Lipinski definition) is 2. The van der Waals surface area contributed by atoms with Gasteiger partial charge in [0.2, 0.25) is 0 Å². The average molecular weight is 239 g/mol. The van der Waals surface area contributed by atoms with E-state index >= 15 is 0 Å². The van der Waals surface area contributed by atoms with Gasteiger partial charge in [-0.2, -0.15) is 0 Å². The van der Waals surface area contributed by atoms with Gasteiger partial charge in [0.05, 0.1) is 0 Å². The molecule has 1 fully saturated rings. The van der Waals surface area contributed by atoms with Crippen molar-refractivity contribution in [2.45, 2.75) is 37.1 Å². The summed E-state index contributed by atoms with van der Waals surface area (Å²) in [5, 5.41) is 6.80. The van der Waals surface area contributed by atoms with Crippen molar-refractivity contribution < 1.29 is 0 Å². The second-order valence-electron chi connectivity index (χ2n) is 4.18. The Kier molecular flexibility index (Phi) is 4.98. The van der Waals surface area contributed by atoms with Gasteiger partial charge in [-0.25, -0.2) is 0 Å². The molecule has 1 aliphatic carbocycles. The standard InChI is InChI=1S/C10H20Cl2N2/c1-3-4-13-6-8(2)14-7-9-5-10(9,11)12/h8-9,13-14H,3-7H2,1-2H3. The highest BCUT2D eigenvalue weighted by Crippen LogP contribution is 2.52. The summed E-state index contributed by atoms with van der Waals surface area (Å²) in [5.41, 5.74) is 0. The Labute approximate surface area is 96.7 Å². The smallest absolute Gasteiger partial charge is 0.122 e. The molecule has 2 atom stereocenters. The number of alkyl halides is 2. The summed E-state index contributed by atoms with van der Waals surface area (Å²) in [6.07, 6.45) is 2.11.